The van der Waals surface area contributed by atoms with E-state index in [0.717, 1.165) is 22.6 Å². The molecule has 1 atom stereocenters. The summed E-state index contributed by atoms with van der Waals surface area (Å²) in [5.74, 6) is 0.264. The Balaban J connectivity index is 2.24. The van der Waals surface area contributed by atoms with Gasteiger partial charge in [0.15, 0.2) is 8.32 Å². The molecule has 21 heavy (non-hydrogen) atoms. The third-order valence-corrected chi connectivity index (χ3v) is 9.50. The molecule has 0 saturated heterocycles. The minimum Gasteiger partial charge on any atom is -0.413 e. The van der Waals surface area contributed by atoms with Crippen molar-refractivity contribution in [2.45, 2.75) is 64.3 Å². The standard InChI is InChI=1S/C17H25ClO2Si/c1-17(2,3)21(4,5)20-16-10-13-8-14(18)7-6-12(13)9-15(19)11-16/h6-8,16H,9-11H2,1-5H3. The molecule has 1 unspecified atom stereocenters. The maximum atomic E-state index is 12.2. The summed E-state index contributed by atoms with van der Waals surface area (Å²) >= 11 is 6.10. The van der Waals surface area contributed by atoms with Crippen molar-refractivity contribution >= 4 is 25.7 Å². The van der Waals surface area contributed by atoms with Crippen LogP contribution in [0.4, 0.5) is 0 Å². The van der Waals surface area contributed by atoms with Gasteiger partial charge in [-0.3, -0.25) is 4.79 Å². The van der Waals surface area contributed by atoms with Crippen LogP contribution in [0.1, 0.15) is 38.3 Å². The van der Waals surface area contributed by atoms with Crippen LogP contribution in [0.3, 0.4) is 0 Å². The second-order valence-corrected chi connectivity index (χ2v) is 12.7. The van der Waals surface area contributed by atoms with Crippen LogP contribution in [0, 0.1) is 0 Å². The molecular formula is C17H25ClO2Si. The first kappa shape index (κ1) is 16.7. The highest BCUT2D eigenvalue weighted by atomic mass is 35.5. The number of Topliss-reactive ketones (excluding diaryl/α,β-unsaturated/α-hetero) is 1. The Morgan fingerprint density at radius 1 is 1.19 bits per heavy atom. The first-order chi connectivity index (χ1) is 9.58. The molecule has 0 saturated carbocycles. The van der Waals surface area contributed by atoms with E-state index in [0.29, 0.717) is 12.8 Å². The third kappa shape index (κ3) is 3.96. The molecule has 2 rings (SSSR count). The zero-order valence-electron chi connectivity index (χ0n) is 13.6. The minimum atomic E-state index is -1.86. The van der Waals surface area contributed by atoms with Crippen molar-refractivity contribution < 1.29 is 9.22 Å². The van der Waals surface area contributed by atoms with Gasteiger partial charge < -0.3 is 4.43 Å². The van der Waals surface area contributed by atoms with E-state index in [1.807, 2.05) is 18.2 Å². The van der Waals surface area contributed by atoms with Crippen molar-refractivity contribution in [3.8, 4) is 0 Å². The Morgan fingerprint density at radius 2 is 1.86 bits per heavy atom. The zero-order chi connectivity index (χ0) is 15.8. The SMILES string of the molecule is CC(C)(C)[Si](C)(C)OC1CC(=O)Cc2ccc(Cl)cc2C1. The molecule has 2 nitrogen and oxygen atoms in total. The smallest absolute Gasteiger partial charge is 0.192 e. The van der Waals surface area contributed by atoms with E-state index in [-0.39, 0.29) is 16.9 Å². The molecular weight excluding hydrogens is 300 g/mol. The first-order valence-electron chi connectivity index (χ1n) is 7.55. The van der Waals surface area contributed by atoms with Crippen molar-refractivity contribution in [3.05, 3.63) is 34.3 Å². The number of benzene rings is 1. The van der Waals surface area contributed by atoms with Gasteiger partial charge in [0.2, 0.25) is 0 Å². The summed E-state index contributed by atoms with van der Waals surface area (Å²) in [6.45, 7) is 11.1. The molecule has 0 aromatic heterocycles. The van der Waals surface area contributed by atoms with Gasteiger partial charge >= 0.3 is 0 Å². The number of hydrogen-bond donors (Lipinski definition) is 0. The molecule has 1 aliphatic carbocycles. The molecule has 0 bridgehead atoms. The van der Waals surface area contributed by atoms with E-state index < -0.39 is 8.32 Å². The van der Waals surface area contributed by atoms with E-state index in [9.17, 15) is 4.79 Å². The minimum absolute atomic E-state index is 0.0156. The number of rotatable bonds is 2. The number of hydrogen-bond acceptors (Lipinski definition) is 2. The highest BCUT2D eigenvalue weighted by Gasteiger charge is 2.40. The zero-order valence-corrected chi connectivity index (χ0v) is 15.4. The maximum absolute atomic E-state index is 12.2. The van der Waals surface area contributed by atoms with Crippen molar-refractivity contribution in [3.63, 3.8) is 0 Å². The van der Waals surface area contributed by atoms with Crippen LogP contribution in [-0.4, -0.2) is 20.2 Å². The van der Waals surface area contributed by atoms with Gasteiger partial charge in [0.25, 0.3) is 0 Å². The van der Waals surface area contributed by atoms with Crippen LogP contribution in [0.15, 0.2) is 18.2 Å². The Bertz CT molecular complexity index is 546. The summed E-state index contributed by atoms with van der Waals surface area (Å²) in [6.07, 6.45) is 1.79. The third-order valence-electron chi connectivity index (χ3n) is 4.73. The van der Waals surface area contributed by atoms with Gasteiger partial charge in [-0.15, -0.1) is 0 Å². The highest BCUT2D eigenvalue weighted by Crippen LogP contribution is 2.38. The molecule has 4 heteroatoms. The van der Waals surface area contributed by atoms with Crippen LogP contribution < -0.4 is 0 Å². The van der Waals surface area contributed by atoms with E-state index >= 15 is 0 Å². The van der Waals surface area contributed by atoms with Crippen LogP contribution in [0.25, 0.3) is 0 Å². The summed E-state index contributed by atoms with van der Waals surface area (Å²) in [4.78, 5) is 12.2. The fourth-order valence-electron chi connectivity index (χ4n) is 2.49. The number of carbonyl (C=O) groups is 1. The molecule has 1 aromatic carbocycles. The van der Waals surface area contributed by atoms with Crippen LogP contribution >= 0.6 is 11.6 Å². The molecule has 0 aliphatic heterocycles. The van der Waals surface area contributed by atoms with Gasteiger partial charge in [0, 0.05) is 17.9 Å². The van der Waals surface area contributed by atoms with Gasteiger partial charge in [-0.25, -0.2) is 0 Å². The number of carbonyl (C=O) groups excluding carboxylic acids is 1. The maximum Gasteiger partial charge on any atom is 0.192 e. The molecule has 1 aromatic rings. The van der Waals surface area contributed by atoms with E-state index in [4.69, 9.17) is 16.0 Å². The van der Waals surface area contributed by atoms with Gasteiger partial charge in [-0.2, -0.15) is 0 Å². The van der Waals surface area contributed by atoms with E-state index in [1.165, 1.54) is 0 Å². The van der Waals surface area contributed by atoms with E-state index in [2.05, 4.69) is 33.9 Å². The largest absolute Gasteiger partial charge is 0.413 e. The van der Waals surface area contributed by atoms with Gasteiger partial charge in [-0.1, -0.05) is 38.4 Å². The van der Waals surface area contributed by atoms with Crippen molar-refractivity contribution in [1.82, 2.24) is 0 Å². The van der Waals surface area contributed by atoms with Gasteiger partial charge in [0.05, 0.1) is 6.10 Å². The summed E-state index contributed by atoms with van der Waals surface area (Å²) in [5, 5.41) is 0.883. The Morgan fingerprint density at radius 3 is 2.48 bits per heavy atom. The highest BCUT2D eigenvalue weighted by molar-refractivity contribution is 6.74. The molecule has 0 fully saturated rings. The summed E-state index contributed by atoms with van der Waals surface area (Å²) in [6, 6.07) is 5.82. The lowest BCUT2D eigenvalue weighted by Gasteiger charge is -2.39. The lowest BCUT2D eigenvalue weighted by molar-refractivity contribution is -0.119. The predicted molar refractivity (Wildman–Crippen MR) is 90.6 cm³/mol. The van der Waals surface area contributed by atoms with Crippen molar-refractivity contribution in [1.29, 1.82) is 0 Å². The fraction of sp³-hybridized carbons (Fsp3) is 0.588. The molecule has 0 N–H and O–H groups in total. The predicted octanol–water partition coefficient (Wildman–Crippen LogP) is 4.79. The number of halogens is 1. The molecule has 0 radical (unpaired) electrons. The topological polar surface area (TPSA) is 26.3 Å². The number of fused-ring (bicyclic) bond motifs is 1. The first-order valence-corrected chi connectivity index (χ1v) is 10.8. The lowest BCUT2D eigenvalue weighted by atomic mass is 10.0. The Kier molecular flexibility index (Phi) is 4.67. The van der Waals surface area contributed by atoms with E-state index in [1.54, 1.807) is 0 Å². The quantitative estimate of drug-likeness (QED) is 0.577. The second kappa shape index (κ2) is 5.86. The molecule has 0 heterocycles. The van der Waals surface area contributed by atoms with Crippen molar-refractivity contribution in [2.24, 2.45) is 0 Å². The number of ketones is 1. The van der Waals surface area contributed by atoms with Crippen LogP contribution in [0.5, 0.6) is 0 Å². The Hall–Kier alpha value is -0.643. The van der Waals surface area contributed by atoms with Crippen molar-refractivity contribution in [2.75, 3.05) is 0 Å². The summed E-state index contributed by atoms with van der Waals surface area (Å²) in [7, 11) is -1.86. The normalized spacial score (nSPS) is 20.1. The molecule has 1 aliphatic rings. The van der Waals surface area contributed by atoms with Gasteiger partial charge in [0.1, 0.15) is 5.78 Å². The fourth-order valence-corrected chi connectivity index (χ4v) is 4.04. The average Bonchev–Trinajstić information content (AvgIpc) is 2.44. The molecule has 0 amide bonds. The average molecular weight is 325 g/mol. The van der Waals surface area contributed by atoms with Crippen LogP contribution in [-0.2, 0) is 22.1 Å². The summed E-state index contributed by atoms with van der Waals surface area (Å²) < 4.78 is 6.47. The van der Waals surface area contributed by atoms with Gasteiger partial charge in [-0.05, 0) is 47.8 Å². The summed E-state index contributed by atoms with van der Waals surface area (Å²) in [5.41, 5.74) is 2.27. The monoisotopic (exact) mass is 324 g/mol. The lowest BCUT2D eigenvalue weighted by Crippen LogP contribution is -2.44. The Labute approximate surface area is 134 Å². The molecule has 0 spiro atoms. The second-order valence-electron chi connectivity index (χ2n) is 7.54. The van der Waals surface area contributed by atoms with Crippen LogP contribution in [0.2, 0.25) is 23.2 Å². The molecule has 116 valence electrons.